The van der Waals surface area contributed by atoms with Crippen molar-refractivity contribution in [1.82, 2.24) is 9.55 Å². The lowest BCUT2D eigenvalue weighted by Gasteiger charge is -2.14. The van der Waals surface area contributed by atoms with Crippen molar-refractivity contribution in [2.75, 3.05) is 18.1 Å². The molecule has 2 heterocycles. The number of hydrogen-bond donors (Lipinski definition) is 1. The minimum absolute atomic E-state index is 0.100. The number of anilines is 1. The molecule has 2 N–H and O–H groups in total. The van der Waals surface area contributed by atoms with Gasteiger partial charge in [-0.05, 0) is 18.2 Å². The Labute approximate surface area is 142 Å². The Morgan fingerprint density at radius 1 is 1.38 bits per heavy atom. The molecule has 1 aromatic heterocycles. The van der Waals surface area contributed by atoms with E-state index in [1.165, 1.54) is 22.4 Å². The molecule has 0 saturated carbocycles. The molecule has 24 heavy (non-hydrogen) atoms. The van der Waals surface area contributed by atoms with Crippen molar-refractivity contribution in [2.24, 2.45) is 0 Å². The zero-order chi connectivity index (χ0) is 16.9. The minimum atomic E-state index is -2.66. The van der Waals surface area contributed by atoms with E-state index in [9.17, 15) is 9.36 Å². The van der Waals surface area contributed by atoms with Crippen LogP contribution in [0.3, 0.4) is 0 Å². The van der Waals surface area contributed by atoms with Gasteiger partial charge in [-0.25, -0.2) is 9.36 Å². The van der Waals surface area contributed by atoms with E-state index in [0.717, 1.165) is 0 Å². The fourth-order valence-corrected chi connectivity index (χ4v) is 3.86. The molecule has 2 aromatic rings. The average molecular weight is 369 g/mol. The highest BCUT2D eigenvalue weighted by Gasteiger charge is 2.28. The van der Waals surface area contributed by atoms with Gasteiger partial charge in [-0.15, -0.1) is 11.8 Å². The summed E-state index contributed by atoms with van der Waals surface area (Å²) in [5, 5.41) is 0. The van der Waals surface area contributed by atoms with Gasteiger partial charge < -0.3 is 15.0 Å². The summed E-state index contributed by atoms with van der Waals surface area (Å²) in [4.78, 5) is 15.5. The van der Waals surface area contributed by atoms with E-state index in [1.54, 1.807) is 30.5 Å². The van der Waals surface area contributed by atoms with Crippen molar-refractivity contribution in [3.63, 3.8) is 0 Å². The zero-order valence-electron chi connectivity index (χ0n) is 12.5. The Morgan fingerprint density at radius 3 is 2.92 bits per heavy atom. The third-order valence-electron chi connectivity index (χ3n) is 3.18. The van der Waals surface area contributed by atoms with Crippen LogP contribution >= 0.6 is 20.0 Å². The summed E-state index contributed by atoms with van der Waals surface area (Å²) in [6, 6.07) is 10.3. The summed E-state index contributed by atoms with van der Waals surface area (Å²) in [5.74, 6) is 1.21. The van der Waals surface area contributed by atoms with Gasteiger partial charge in [-0.2, -0.15) is 4.98 Å². The number of thioether (sulfide) groups is 1. The highest BCUT2D eigenvalue weighted by Crippen LogP contribution is 2.34. The molecular formula is C14H16N3O5PS. The van der Waals surface area contributed by atoms with Gasteiger partial charge in [0, 0.05) is 11.9 Å². The predicted molar refractivity (Wildman–Crippen MR) is 91.3 cm³/mol. The molecule has 10 heteroatoms. The Balaban J connectivity index is 1.49. The highest BCUT2D eigenvalue weighted by atomic mass is 32.2. The monoisotopic (exact) mass is 369 g/mol. The van der Waals surface area contributed by atoms with Crippen LogP contribution in [0.5, 0.6) is 5.75 Å². The number of para-hydroxylation sites is 1. The van der Waals surface area contributed by atoms with Crippen LogP contribution < -0.4 is 15.9 Å². The standard InChI is InChI=1S/C14H16N3O5PS/c15-11-6-7-17(14(18)16-11)12-9-24-13(21-12)8-20-23(19)22-10-4-2-1-3-5-10/h1-7,12-13,23H,8-9H2,(H2,15,16,18)/t12-,13+/m0/s1. The van der Waals surface area contributed by atoms with Crippen LogP contribution in [0.2, 0.25) is 0 Å². The van der Waals surface area contributed by atoms with E-state index >= 15 is 0 Å². The second-order valence-corrected chi connectivity index (χ2v) is 7.06. The Kier molecular flexibility index (Phi) is 5.57. The van der Waals surface area contributed by atoms with Crippen molar-refractivity contribution in [1.29, 1.82) is 0 Å². The first-order valence-corrected chi connectivity index (χ1v) is 9.40. The lowest BCUT2D eigenvalue weighted by atomic mass is 10.3. The summed E-state index contributed by atoms with van der Waals surface area (Å²) in [5.41, 5.74) is 4.65. The fraction of sp³-hybridized carbons (Fsp3) is 0.286. The maximum Gasteiger partial charge on any atom is 0.367 e. The molecule has 1 aromatic carbocycles. The Bertz CT molecular complexity index is 773. The smallest absolute Gasteiger partial charge is 0.367 e. The molecule has 1 aliphatic rings. The molecule has 3 atom stereocenters. The summed E-state index contributed by atoms with van der Waals surface area (Å²) >= 11 is 1.46. The van der Waals surface area contributed by atoms with Gasteiger partial charge >= 0.3 is 13.9 Å². The molecule has 1 fully saturated rings. The highest BCUT2D eigenvalue weighted by molar-refractivity contribution is 8.00. The predicted octanol–water partition coefficient (Wildman–Crippen LogP) is 1.90. The van der Waals surface area contributed by atoms with Crippen LogP contribution in [0.25, 0.3) is 0 Å². The topological polar surface area (TPSA) is 106 Å². The van der Waals surface area contributed by atoms with E-state index in [0.29, 0.717) is 11.5 Å². The maximum atomic E-state index is 11.8. The van der Waals surface area contributed by atoms with Crippen molar-refractivity contribution >= 4 is 25.8 Å². The lowest BCUT2D eigenvalue weighted by molar-refractivity contribution is -0.00214. The number of benzene rings is 1. The molecule has 1 unspecified atom stereocenters. The van der Waals surface area contributed by atoms with Crippen molar-refractivity contribution in [3.8, 4) is 5.75 Å². The minimum Gasteiger partial charge on any atom is -0.426 e. The van der Waals surface area contributed by atoms with Crippen LogP contribution in [-0.2, 0) is 13.8 Å². The molecule has 0 spiro atoms. The summed E-state index contributed by atoms with van der Waals surface area (Å²) < 4.78 is 29.3. The first kappa shape index (κ1) is 17.0. The largest absolute Gasteiger partial charge is 0.426 e. The summed E-state index contributed by atoms with van der Waals surface area (Å²) in [6.07, 6.45) is 1.09. The average Bonchev–Trinajstić information content (AvgIpc) is 3.02. The third-order valence-corrected chi connectivity index (χ3v) is 5.08. The van der Waals surface area contributed by atoms with E-state index < -0.39 is 20.2 Å². The number of ether oxygens (including phenoxy) is 1. The second-order valence-electron chi connectivity index (χ2n) is 4.87. The van der Waals surface area contributed by atoms with Crippen LogP contribution in [0.15, 0.2) is 47.4 Å². The normalized spacial score (nSPS) is 21.5. The van der Waals surface area contributed by atoms with E-state index in [1.807, 2.05) is 6.07 Å². The maximum absolute atomic E-state index is 11.8. The number of nitrogens with two attached hydrogens (primary N) is 1. The SMILES string of the molecule is Nc1ccn([C@@H]2CS[C@H](CO[PH](=O)Oc3ccccc3)O2)c(=O)n1. The molecule has 3 rings (SSSR count). The van der Waals surface area contributed by atoms with Gasteiger partial charge in [0.15, 0.2) is 0 Å². The van der Waals surface area contributed by atoms with Gasteiger partial charge in [-0.3, -0.25) is 9.09 Å². The molecule has 0 aliphatic carbocycles. The number of hydrogen-bond acceptors (Lipinski definition) is 8. The Morgan fingerprint density at radius 2 is 2.17 bits per heavy atom. The third kappa shape index (κ3) is 4.39. The van der Waals surface area contributed by atoms with Gasteiger partial charge in [0.05, 0.1) is 6.61 Å². The van der Waals surface area contributed by atoms with E-state index in [-0.39, 0.29) is 17.9 Å². The van der Waals surface area contributed by atoms with Gasteiger partial charge in [0.2, 0.25) is 0 Å². The molecule has 0 bridgehead atoms. The molecule has 0 amide bonds. The Hall–Kier alpha value is -1.80. The van der Waals surface area contributed by atoms with E-state index in [4.69, 9.17) is 19.5 Å². The molecule has 1 aliphatic heterocycles. The number of nitrogen functional groups attached to an aromatic ring is 1. The van der Waals surface area contributed by atoms with Gasteiger partial charge in [0.1, 0.15) is 23.2 Å². The van der Waals surface area contributed by atoms with Crippen LogP contribution in [0, 0.1) is 0 Å². The molecule has 8 nitrogen and oxygen atoms in total. The number of nitrogens with zero attached hydrogens (tertiary/aromatic N) is 2. The van der Waals surface area contributed by atoms with Crippen LogP contribution in [-0.4, -0.2) is 27.3 Å². The van der Waals surface area contributed by atoms with Crippen LogP contribution in [0.1, 0.15) is 6.23 Å². The van der Waals surface area contributed by atoms with Crippen molar-refractivity contribution in [3.05, 3.63) is 53.1 Å². The molecular weight excluding hydrogens is 353 g/mol. The number of rotatable bonds is 6. The second kappa shape index (κ2) is 7.85. The fourth-order valence-electron chi connectivity index (χ4n) is 2.07. The van der Waals surface area contributed by atoms with Gasteiger partial charge in [0.25, 0.3) is 0 Å². The molecule has 128 valence electrons. The molecule has 0 radical (unpaired) electrons. The van der Waals surface area contributed by atoms with Crippen LogP contribution in [0.4, 0.5) is 5.82 Å². The first-order valence-electron chi connectivity index (χ1n) is 7.13. The summed E-state index contributed by atoms with van der Waals surface area (Å²) in [6.45, 7) is 0.100. The lowest BCUT2D eigenvalue weighted by Crippen LogP contribution is -2.28. The van der Waals surface area contributed by atoms with Gasteiger partial charge in [-0.1, -0.05) is 18.2 Å². The van der Waals surface area contributed by atoms with Crippen molar-refractivity contribution < 1.29 is 18.3 Å². The molecule has 1 saturated heterocycles. The first-order chi connectivity index (χ1) is 11.6. The van der Waals surface area contributed by atoms with E-state index in [2.05, 4.69) is 4.98 Å². The zero-order valence-corrected chi connectivity index (χ0v) is 14.3. The quantitative estimate of drug-likeness (QED) is 0.770. The number of aromatic nitrogens is 2. The van der Waals surface area contributed by atoms with Crippen molar-refractivity contribution in [2.45, 2.75) is 11.7 Å². The summed E-state index contributed by atoms with van der Waals surface area (Å²) in [7, 11) is -2.66.